The lowest BCUT2D eigenvalue weighted by atomic mass is 10.2. The molecule has 0 spiro atoms. The first-order valence-electron chi connectivity index (χ1n) is 7.52. The summed E-state index contributed by atoms with van der Waals surface area (Å²) < 4.78 is 0. The largest absolute Gasteiger partial charge is 0.341 e. The molecule has 0 aromatic carbocycles. The monoisotopic (exact) mass is 293 g/mol. The standard InChI is InChI=1S/C14H23N5O2/c1-4-11(20)18-6-5-7-19(9-8-18)14(21)13-15-12(10(2)3)16-17-13/h10H,4-9H2,1-3H3,(H,15,16,17). The van der Waals surface area contributed by atoms with Gasteiger partial charge in [0.2, 0.25) is 11.7 Å². The molecule has 1 fully saturated rings. The Labute approximate surface area is 124 Å². The Morgan fingerprint density at radius 2 is 1.86 bits per heavy atom. The summed E-state index contributed by atoms with van der Waals surface area (Å²) in [5.41, 5.74) is 0. The van der Waals surface area contributed by atoms with Crippen LogP contribution < -0.4 is 0 Å². The third kappa shape index (κ3) is 3.59. The Bertz CT molecular complexity index is 511. The highest BCUT2D eigenvalue weighted by molar-refractivity contribution is 5.90. The fourth-order valence-corrected chi connectivity index (χ4v) is 2.36. The Hall–Kier alpha value is -1.92. The van der Waals surface area contributed by atoms with Crippen LogP contribution in [-0.2, 0) is 4.79 Å². The second kappa shape index (κ2) is 6.69. The van der Waals surface area contributed by atoms with E-state index in [1.54, 1.807) is 4.90 Å². The Morgan fingerprint density at radius 3 is 2.48 bits per heavy atom. The van der Waals surface area contributed by atoms with Gasteiger partial charge in [-0.1, -0.05) is 20.8 Å². The number of hydrogen-bond acceptors (Lipinski definition) is 4. The van der Waals surface area contributed by atoms with E-state index in [2.05, 4.69) is 15.2 Å². The van der Waals surface area contributed by atoms with Crippen LogP contribution in [0.15, 0.2) is 0 Å². The van der Waals surface area contributed by atoms with Crippen LogP contribution in [0.25, 0.3) is 0 Å². The molecule has 0 bridgehead atoms. The highest BCUT2D eigenvalue weighted by Crippen LogP contribution is 2.11. The molecule has 21 heavy (non-hydrogen) atoms. The zero-order chi connectivity index (χ0) is 15.4. The van der Waals surface area contributed by atoms with E-state index in [-0.39, 0.29) is 23.6 Å². The van der Waals surface area contributed by atoms with E-state index in [0.29, 0.717) is 32.6 Å². The Morgan fingerprint density at radius 1 is 1.19 bits per heavy atom. The normalized spacial score (nSPS) is 16.2. The van der Waals surface area contributed by atoms with E-state index < -0.39 is 0 Å². The first kappa shape index (κ1) is 15.5. The molecule has 1 aliphatic rings. The van der Waals surface area contributed by atoms with Crippen molar-refractivity contribution in [1.82, 2.24) is 25.0 Å². The van der Waals surface area contributed by atoms with Gasteiger partial charge in [-0.2, -0.15) is 0 Å². The Balaban J connectivity index is 2.01. The third-order valence-electron chi connectivity index (χ3n) is 3.68. The smallest absolute Gasteiger partial charge is 0.293 e. The van der Waals surface area contributed by atoms with Gasteiger partial charge in [0.05, 0.1) is 0 Å². The molecule has 0 aliphatic carbocycles. The van der Waals surface area contributed by atoms with Crippen LogP contribution in [0.3, 0.4) is 0 Å². The molecule has 1 aliphatic heterocycles. The fourth-order valence-electron chi connectivity index (χ4n) is 2.36. The van der Waals surface area contributed by atoms with E-state index in [1.807, 2.05) is 25.7 Å². The quantitative estimate of drug-likeness (QED) is 0.901. The molecule has 0 unspecified atom stereocenters. The van der Waals surface area contributed by atoms with Crippen molar-refractivity contribution in [1.29, 1.82) is 0 Å². The lowest BCUT2D eigenvalue weighted by Crippen LogP contribution is -2.37. The highest BCUT2D eigenvalue weighted by Gasteiger charge is 2.24. The summed E-state index contributed by atoms with van der Waals surface area (Å²) in [6, 6.07) is 0. The third-order valence-corrected chi connectivity index (χ3v) is 3.68. The summed E-state index contributed by atoms with van der Waals surface area (Å²) in [6.45, 7) is 8.32. The number of aromatic amines is 1. The van der Waals surface area contributed by atoms with Gasteiger partial charge in [-0.25, -0.2) is 4.98 Å². The maximum absolute atomic E-state index is 12.4. The van der Waals surface area contributed by atoms with Crippen molar-refractivity contribution in [2.75, 3.05) is 26.2 Å². The molecule has 1 aromatic heterocycles. The first-order chi connectivity index (χ1) is 10.0. The van der Waals surface area contributed by atoms with Crippen molar-refractivity contribution in [3.05, 3.63) is 11.6 Å². The molecule has 0 atom stereocenters. The van der Waals surface area contributed by atoms with Gasteiger partial charge in [-0.15, -0.1) is 5.10 Å². The van der Waals surface area contributed by atoms with Crippen molar-refractivity contribution in [2.24, 2.45) is 0 Å². The number of nitrogens with one attached hydrogen (secondary N) is 1. The first-order valence-corrected chi connectivity index (χ1v) is 7.52. The topological polar surface area (TPSA) is 82.2 Å². The number of rotatable bonds is 3. The van der Waals surface area contributed by atoms with Crippen LogP contribution >= 0.6 is 0 Å². The van der Waals surface area contributed by atoms with Gasteiger partial charge in [0, 0.05) is 38.5 Å². The molecule has 2 rings (SSSR count). The minimum Gasteiger partial charge on any atom is -0.341 e. The van der Waals surface area contributed by atoms with Gasteiger partial charge in [0.25, 0.3) is 5.91 Å². The number of H-pyrrole nitrogens is 1. The van der Waals surface area contributed by atoms with Gasteiger partial charge in [-0.05, 0) is 6.42 Å². The maximum Gasteiger partial charge on any atom is 0.293 e. The van der Waals surface area contributed by atoms with Crippen molar-refractivity contribution >= 4 is 11.8 Å². The summed E-state index contributed by atoms with van der Waals surface area (Å²) in [6.07, 6.45) is 1.30. The van der Waals surface area contributed by atoms with Gasteiger partial charge in [0.15, 0.2) is 0 Å². The summed E-state index contributed by atoms with van der Waals surface area (Å²) in [5.74, 6) is 1.12. The predicted octanol–water partition coefficient (Wildman–Crippen LogP) is 1.01. The molecule has 2 heterocycles. The molecule has 0 radical (unpaired) electrons. The zero-order valence-electron chi connectivity index (χ0n) is 12.9. The van der Waals surface area contributed by atoms with E-state index >= 15 is 0 Å². The van der Waals surface area contributed by atoms with Crippen molar-refractivity contribution < 1.29 is 9.59 Å². The summed E-state index contributed by atoms with van der Waals surface area (Å²) >= 11 is 0. The molecular weight excluding hydrogens is 270 g/mol. The molecule has 1 saturated heterocycles. The van der Waals surface area contributed by atoms with Crippen molar-refractivity contribution in [3.63, 3.8) is 0 Å². The van der Waals surface area contributed by atoms with E-state index in [4.69, 9.17) is 0 Å². The van der Waals surface area contributed by atoms with Crippen LogP contribution in [0.5, 0.6) is 0 Å². The summed E-state index contributed by atoms with van der Waals surface area (Å²) in [4.78, 5) is 32.0. The van der Waals surface area contributed by atoms with Crippen molar-refractivity contribution in [3.8, 4) is 0 Å². The van der Waals surface area contributed by atoms with Gasteiger partial charge in [-0.3, -0.25) is 14.7 Å². The average Bonchev–Trinajstić information content (AvgIpc) is 2.84. The number of nitrogens with zero attached hydrogens (tertiary/aromatic N) is 4. The molecule has 1 N–H and O–H groups in total. The molecule has 2 amide bonds. The van der Waals surface area contributed by atoms with Crippen LogP contribution in [0, 0.1) is 0 Å². The molecular formula is C14H23N5O2. The molecule has 0 saturated carbocycles. The van der Waals surface area contributed by atoms with E-state index in [1.165, 1.54) is 0 Å². The molecule has 116 valence electrons. The lowest BCUT2D eigenvalue weighted by molar-refractivity contribution is -0.130. The van der Waals surface area contributed by atoms with E-state index in [9.17, 15) is 9.59 Å². The highest BCUT2D eigenvalue weighted by atomic mass is 16.2. The zero-order valence-corrected chi connectivity index (χ0v) is 12.9. The molecule has 1 aromatic rings. The van der Waals surface area contributed by atoms with E-state index in [0.717, 1.165) is 12.2 Å². The molecule has 7 heteroatoms. The van der Waals surface area contributed by atoms with Gasteiger partial charge >= 0.3 is 0 Å². The number of aromatic nitrogens is 3. The summed E-state index contributed by atoms with van der Waals surface area (Å²) in [7, 11) is 0. The van der Waals surface area contributed by atoms with Crippen LogP contribution in [-0.4, -0.2) is 63.0 Å². The average molecular weight is 293 g/mol. The van der Waals surface area contributed by atoms with Crippen molar-refractivity contribution in [2.45, 2.75) is 39.5 Å². The minimum atomic E-state index is -0.163. The number of hydrogen-bond donors (Lipinski definition) is 1. The minimum absolute atomic E-state index is 0.143. The lowest BCUT2D eigenvalue weighted by Gasteiger charge is -2.20. The second-order valence-corrected chi connectivity index (χ2v) is 5.58. The van der Waals surface area contributed by atoms with Crippen LogP contribution in [0.4, 0.5) is 0 Å². The Kier molecular flexibility index (Phi) is 4.93. The number of carbonyl (C=O) groups excluding carboxylic acids is 2. The molecule has 7 nitrogen and oxygen atoms in total. The van der Waals surface area contributed by atoms with Crippen LogP contribution in [0.2, 0.25) is 0 Å². The maximum atomic E-state index is 12.4. The number of carbonyl (C=O) groups is 2. The van der Waals surface area contributed by atoms with Gasteiger partial charge < -0.3 is 9.80 Å². The second-order valence-electron chi connectivity index (χ2n) is 5.58. The van der Waals surface area contributed by atoms with Crippen LogP contribution in [0.1, 0.15) is 56.0 Å². The SMILES string of the molecule is CCC(=O)N1CCCN(C(=O)c2n[nH]c(C(C)C)n2)CC1. The number of amides is 2. The predicted molar refractivity (Wildman–Crippen MR) is 77.9 cm³/mol. The van der Waals surface area contributed by atoms with Gasteiger partial charge in [0.1, 0.15) is 5.82 Å². The summed E-state index contributed by atoms with van der Waals surface area (Å²) in [5, 5.41) is 6.81. The fraction of sp³-hybridized carbons (Fsp3) is 0.714.